The maximum atomic E-state index is 13.6. The van der Waals surface area contributed by atoms with Crippen LogP contribution in [0.2, 0.25) is 0 Å². The van der Waals surface area contributed by atoms with Crippen molar-refractivity contribution in [2.24, 2.45) is 0 Å². The van der Waals surface area contributed by atoms with Crippen LogP contribution in [-0.2, 0) is 0 Å². The third-order valence-electron chi connectivity index (χ3n) is 3.64. The van der Waals surface area contributed by atoms with Gasteiger partial charge in [0.1, 0.15) is 11.5 Å². The van der Waals surface area contributed by atoms with Crippen LogP contribution >= 0.6 is 0 Å². The Kier molecular flexibility index (Phi) is 4.37. The molecule has 8 heteroatoms. The van der Waals surface area contributed by atoms with Crippen LogP contribution < -0.4 is 4.90 Å². The minimum atomic E-state index is -1.48. The van der Waals surface area contributed by atoms with Crippen molar-refractivity contribution in [2.45, 2.75) is 25.3 Å². The molecule has 0 radical (unpaired) electrons. The summed E-state index contributed by atoms with van der Waals surface area (Å²) in [6.07, 6.45) is 2.30. The number of aromatic carboxylic acids is 1. The highest BCUT2D eigenvalue weighted by molar-refractivity contribution is 5.90. The molecule has 1 aromatic rings. The van der Waals surface area contributed by atoms with Gasteiger partial charge < -0.3 is 15.1 Å². The van der Waals surface area contributed by atoms with Gasteiger partial charge in [-0.05, 0) is 25.3 Å². The van der Waals surface area contributed by atoms with Crippen LogP contribution in [0.3, 0.4) is 0 Å². The van der Waals surface area contributed by atoms with Gasteiger partial charge in [-0.25, -0.2) is 9.18 Å². The summed E-state index contributed by atoms with van der Waals surface area (Å²) >= 11 is 0. The van der Waals surface area contributed by atoms with Crippen molar-refractivity contribution in [3.63, 3.8) is 0 Å². The second-order valence-corrected chi connectivity index (χ2v) is 4.91. The number of nitro groups is 1. The first-order valence-corrected chi connectivity index (χ1v) is 6.54. The fourth-order valence-corrected chi connectivity index (χ4v) is 2.60. The number of aliphatic hydroxyl groups is 1. The molecule has 0 saturated carbocycles. The molecule has 1 fully saturated rings. The molecule has 1 atom stereocenters. The molecular formula is C13H15FN2O5. The van der Waals surface area contributed by atoms with Crippen LogP contribution in [0.1, 0.15) is 29.6 Å². The van der Waals surface area contributed by atoms with Crippen molar-refractivity contribution in [3.8, 4) is 0 Å². The van der Waals surface area contributed by atoms with Gasteiger partial charge in [0.2, 0.25) is 0 Å². The van der Waals surface area contributed by atoms with Crippen LogP contribution in [0, 0.1) is 15.9 Å². The molecule has 1 aliphatic heterocycles. The topological polar surface area (TPSA) is 104 Å². The number of nitro benzene ring substituents is 1. The summed E-state index contributed by atoms with van der Waals surface area (Å²) in [5.74, 6) is -2.63. The molecule has 1 aliphatic rings. The maximum absolute atomic E-state index is 13.6. The molecule has 7 nitrogen and oxygen atoms in total. The van der Waals surface area contributed by atoms with Gasteiger partial charge in [0.05, 0.1) is 29.2 Å². The van der Waals surface area contributed by atoms with Crippen LogP contribution in [0.5, 0.6) is 0 Å². The molecule has 2 rings (SSSR count). The number of hydrogen-bond acceptors (Lipinski definition) is 5. The van der Waals surface area contributed by atoms with Gasteiger partial charge in [0.15, 0.2) is 0 Å². The van der Waals surface area contributed by atoms with Gasteiger partial charge in [0.25, 0.3) is 5.69 Å². The lowest BCUT2D eigenvalue weighted by atomic mass is 10.0. The van der Waals surface area contributed by atoms with E-state index in [1.54, 1.807) is 4.90 Å². The lowest BCUT2D eigenvalue weighted by molar-refractivity contribution is -0.384. The minimum Gasteiger partial charge on any atom is -0.478 e. The summed E-state index contributed by atoms with van der Waals surface area (Å²) in [5, 5.41) is 29.4. The summed E-state index contributed by atoms with van der Waals surface area (Å²) in [6, 6.07) is 1.27. The highest BCUT2D eigenvalue weighted by Crippen LogP contribution is 2.35. The molecule has 114 valence electrons. The van der Waals surface area contributed by atoms with E-state index in [0.29, 0.717) is 19.0 Å². The molecule has 0 aliphatic carbocycles. The summed E-state index contributed by atoms with van der Waals surface area (Å²) in [4.78, 5) is 23.0. The van der Waals surface area contributed by atoms with Gasteiger partial charge in [-0.3, -0.25) is 10.1 Å². The molecule has 1 aromatic carbocycles. The van der Waals surface area contributed by atoms with E-state index in [1.165, 1.54) is 0 Å². The maximum Gasteiger partial charge on any atom is 0.338 e. The predicted molar refractivity (Wildman–Crippen MR) is 72.1 cm³/mol. The van der Waals surface area contributed by atoms with Gasteiger partial charge in [-0.1, -0.05) is 0 Å². The van der Waals surface area contributed by atoms with Gasteiger partial charge in [0, 0.05) is 6.54 Å². The van der Waals surface area contributed by atoms with Crippen LogP contribution in [0.15, 0.2) is 12.1 Å². The van der Waals surface area contributed by atoms with E-state index in [1.807, 2.05) is 0 Å². The van der Waals surface area contributed by atoms with Crippen molar-refractivity contribution in [1.82, 2.24) is 0 Å². The molecule has 21 heavy (non-hydrogen) atoms. The molecule has 0 amide bonds. The van der Waals surface area contributed by atoms with E-state index in [0.717, 1.165) is 18.9 Å². The van der Waals surface area contributed by atoms with E-state index < -0.39 is 28.0 Å². The van der Waals surface area contributed by atoms with E-state index in [2.05, 4.69) is 0 Å². The first-order valence-electron chi connectivity index (χ1n) is 6.54. The third kappa shape index (κ3) is 2.94. The van der Waals surface area contributed by atoms with Crippen molar-refractivity contribution in [1.29, 1.82) is 0 Å². The number of rotatable bonds is 4. The highest BCUT2D eigenvalue weighted by atomic mass is 19.1. The Morgan fingerprint density at radius 1 is 1.48 bits per heavy atom. The minimum absolute atomic E-state index is 0.0394. The fraction of sp³-hybridized carbons (Fsp3) is 0.462. The normalized spacial score (nSPS) is 18.6. The zero-order valence-electron chi connectivity index (χ0n) is 11.2. The molecule has 0 bridgehead atoms. The number of nitrogens with zero attached hydrogens (tertiary/aromatic N) is 2. The number of hydrogen-bond donors (Lipinski definition) is 2. The van der Waals surface area contributed by atoms with Crippen molar-refractivity contribution in [3.05, 3.63) is 33.6 Å². The first-order chi connectivity index (χ1) is 9.95. The first kappa shape index (κ1) is 15.2. The van der Waals surface area contributed by atoms with Crippen LogP contribution in [-0.4, -0.2) is 40.3 Å². The highest BCUT2D eigenvalue weighted by Gasteiger charge is 2.30. The third-order valence-corrected chi connectivity index (χ3v) is 3.64. The Bertz CT molecular complexity index is 578. The molecular weight excluding hydrogens is 283 g/mol. The van der Waals surface area contributed by atoms with Crippen molar-refractivity contribution < 1.29 is 24.3 Å². The Morgan fingerprint density at radius 2 is 2.19 bits per heavy atom. The van der Waals surface area contributed by atoms with E-state index in [4.69, 9.17) is 5.11 Å². The number of anilines is 1. The molecule has 0 spiro atoms. The van der Waals surface area contributed by atoms with Crippen molar-refractivity contribution >= 4 is 17.3 Å². The van der Waals surface area contributed by atoms with Gasteiger partial charge in [-0.15, -0.1) is 0 Å². The van der Waals surface area contributed by atoms with Gasteiger partial charge >= 0.3 is 5.97 Å². The Hall–Kier alpha value is -2.22. The Morgan fingerprint density at radius 3 is 2.76 bits per heavy atom. The second kappa shape index (κ2) is 6.04. The van der Waals surface area contributed by atoms with E-state index in [-0.39, 0.29) is 18.3 Å². The lowest BCUT2D eigenvalue weighted by Gasteiger charge is -2.36. The molecule has 1 saturated heterocycles. The number of benzene rings is 1. The zero-order chi connectivity index (χ0) is 15.6. The SMILES string of the molecule is O=C(O)c1cc(N2CCCCC2CO)c([N+](=O)[O-])cc1F. The molecule has 1 unspecified atom stereocenters. The quantitative estimate of drug-likeness (QED) is 0.648. The Balaban J connectivity index is 2.55. The number of halogens is 1. The van der Waals surface area contributed by atoms with Gasteiger partial charge in [-0.2, -0.15) is 0 Å². The molecule has 1 heterocycles. The average molecular weight is 298 g/mol. The number of piperidine rings is 1. The predicted octanol–water partition coefficient (Wildman–Crippen LogP) is 1.78. The smallest absolute Gasteiger partial charge is 0.338 e. The number of carbonyl (C=O) groups is 1. The number of aliphatic hydroxyl groups excluding tert-OH is 1. The summed E-state index contributed by atoms with van der Waals surface area (Å²) in [5.41, 5.74) is -1.06. The van der Waals surface area contributed by atoms with E-state index >= 15 is 0 Å². The zero-order valence-corrected chi connectivity index (χ0v) is 11.2. The lowest BCUT2D eigenvalue weighted by Crippen LogP contribution is -2.42. The second-order valence-electron chi connectivity index (χ2n) is 4.91. The van der Waals surface area contributed by atoms with Crippen molar-refractivity contribution in [2.75, 3.05) is 18.1 Å². The standard InChI is InChI=1S/C13H15FN2O5/c14-10-6-12(16(20)21)11(5-9(10)13(18)19)15-4-2-1-3-8(15)7-17/h5-6,8,17H,1-4,7H2,(H,18,19). The Labute approximate surface area is 119 Å². The average Bonchev–Trinajstić information content (AvgIpc) is 2.46. The largest absolute Gasteiger partial charge is 0.478 e. The number of carboxylic acids is 1. The monoisotopic (exact) mass is 298 g/mol. The summed E-state index contributed by atoms with van der Waals surface area (Å²) in [7, 11) is 0. The fourth-order valence-electron chi connectivity index (χ4n) is 2.60. The molecule has 2 N–H and O–H groups in total. The molecule has 0 aromatic heterocycles. The summed E-state index contributed by atoms with van der Waals surface area (Å²) < 4.78 is 13.6. The summed E-state index contributed by atoms with van der Waals surface area (Å²) in [6.45, 7) is 0.258. The van der Waals surface area contributed by atoms with Crippen LogP contribution in [0.4, 0.5) is 15.8 Å². The number of carboxylic acid groups (broad SMARTS) is 1. The van der Waals surface area contributed by atoms with E-state index in [9.17, 15) is 24.4 Å². The van der Waals surface area contributed by atoms with Crippen LogP contribution in [0.25, 0.3) is 0 Å².